The lowest BCUT2D eigenvalue weighted by molar-refractivity contribution is 0.112. The van der Waals surface area contributed by atoms with Gasteiger partial charge < -0.3 is 0 Å². The van der Waals surface area contributed by atoms with Gasteiger partial charge >= 0.3 is 0 Å². The zero-order chi connectivity index (χ0) is 11.5. The average molecular weight is 322 g/mol. The van der Waals surface area contributed by atoms with E-state index in [9.17, 15) is 4.79 Å². The maximum absolute atomic E-state index is 10.8. The van der Waals surface area contributed by atoms with Crippen LogP contribution in [0.2, 0.25) is 0 Å². The lowest BCUT2D eigenvalue weighted by atomic mass is 10.0. The average Bonchev–Trinajstić information content (AvgIpc) is 2.28. The Morgan fingerprint density at radius 1 is 1.06 bits per heavy atom. The van der Waals surface area contributed by atoms with Crippen molar-refractivity contribution < 1.29 is 4.79 Å². The second kappa shape index (κ2) is 4.78. The fourth-order valence-corrected chi connectivity index (χ4v) is 2.37. The van der Waals surface area contributed by atoms with Crippen LogP contribution in [0.5, 0.6) is 0 Å². The van der Waals surface area contributed by atoms with Crippen molar-refractivity contribution in [3.8, 4) is 11.1 Å². The molecule has 2 aromatic rings. The van der Waals surface area contributed by atoms with E-state index in [0.29, 0.717) is 0 Å². The van der Waals surface area contributed by atoms with Crippen LogP contribution in [-0.2, 0) is 0 Å². The molecule has 0 aliphatic heterocycles. The predicted molar refractivity (Wildman–Crippen MR) is 74.7 cm³/mol. The van der Waals surface area contributed by atoms with E-state index in [2.05, 4.69) is 53.8 Å². The molecule has 1 nitrogen and oxygen atoms in total. The van der Waals surface area contributed by atoms with Crippen LogP contribution < -0.4 is 0 Å². The molecule has 0 saturated heterocycles. The third kappa shape index (κ3) is 2.50. The quantitative estimate of drug-likeness (QED) is 0.601. The molecule has 0 aliphatic carbocycles. The Bertz CT molecular complexity index is 532. The predicted octanol–water partition coefficient (Wildman–Crippen LogP) is 4.08. The number of hydrogen-bond donors (Lipinski definition) is 0. The highest BCUT2D eigenvalue weighted by Gasteiger charge is 2.01. The van der Waals surface area contributed by atoms with E-state index in [1.807, 2.05) is 18.2 Å². The highest BCUT2D eigenvalue weighted by Crippen LogP contribution is 2.23. The van der Waals surface area contributed by atoms with Crippen molar-refractivity contribution in [2.75, 3.05) is 0 Å². The normalized spacial score (nSPS) is 10.1. The van der Waals surface area contributed by atoms with Gasteiger partial charge in [-0.3, -0.25) is 4.79 Å². The Hall–Kier alpha value is -1.16. The SMILES string of the molecule is Cc1cccc(-c2cc(I)cc(C=O)c2)c1. The van der Waals surface area contributed by atoms with Crippen LogP contribution in [0.1, 0.15) is 15.9 Å². The van der Waals surface area contributed by atoms with Gasteiger partial charge in [-0.2, -0.15) is 0 Å². The molecule has 0 radical (unpaired) electrons. The van der Waals surface area contributed by atoms with Gasteiger partial charge in [-0.15, -0.1) is 0 Å². The van der Waals surface area contributed by atoms with Gasteiger partial charge in [-0.25, -0.2) is 0 Å². The summed E-state index contributed by atoms with van der Waals surface area (Å²) in [5.41, 5.74) is 4.20. The van der Waals surface area contributed by atoms with Crippen molar-refractivity contribution in [3.63, 3.8) is 0 Å². The van der Waals surface area contributed by atoms with Gasteiger partial charge in [0.2, 0.25) is 0 Å². The molecule has 0 aliphatic rings. The topological polar surface area (TPSA) is 17.1 Å². The minimum atomic E-state index is 0.725. The van der Waals surface area contributed by atoms with Crippen molar-refractivity contribution in [1.82, 2.24) is 0 Å². The van der Waals surface area contributed by atoms with Crippen LogP contribution in [0.15, 0.2) is 42.5 Å². The Labute approximate surface area is 109 Å². The number of carbonyl (C=O) groups excluding carboxylic acids is 1. The molecule has 0 atom stereocenters. The summed E-state index contributed by atoms with van der Waals surface area (Å²) >= 11 is 2.23. The molecule has 0 saturated carbocycles. The van der Waals surface area contributed by atoms with Gasteiger partial charge in [-0.1, -0.05) is 29.8 Å². The van der Waals surface area contributed by atoms with Gasteiger partial charge in [0.05, 0.1) is 0 Å². The minimum Gasteiger partial charge on any atom is -0.298 e. The number of halogens is 1. The number of carbonyl (C=O) groups is 1. The van der Waals surface area contributed by atoms with Crippen LogP contribution in [0.4, 0.5) is 0 Å². The molecule has 0 aromatic heterocycles. The monoisotopic (exact) mass is 322 g/mol. The third-order valence-corrected chi connectivity index (χ3v) is 3.03. The highest BCUT2D eigenvalue weighted by molar-refractivity contribution is 14.1. The van der Waals surface area contributed by atoms with Crippen LogP contribution >= 0.6 is 22.6 Å². The summed E-state index contributed by atoms with van der Waals surface area (Å²) in [5, 5.41) is 0. The standard InChI is InChI=1S/C14H11IO/c1-10-3-2-4-12(5-10)13-6-11(9-16)7-14(15)8-13/h2-9H,1H3. The van der Waals surface area contributed by atoms with Crippen LogP contribution in [-0.4, -0.2) is 6.29 Å². The minimum absolute atomic E-state index is 0.725. The molecule has 0 fully saturated rings. The summed E-state index contributed by atoms with van der Waals surface area (Å²) in [4.78, 5) is 10.8. The molecule has 16 heavy (non-hydrogen) atoms. The lowest BCUT2D eigenvalue weighted by Gasteiger charge is -2.04. The molecule has 0 unspecified atom stereocenters. The fraction of sp³-hybridized carbons (Fsp3) is 0.0714. The molecular weight excluding hydrogens is 311 g/mol. The van der Waals surface area contributed by atoms with Crippen molar-refractivity contribution in [2.45, 2.75) is 6.92 Å². The molecule has 0 amide bonds. The van der Waals surface area contributed by atoms with E-state index in [4.69, 9.17) is 0 Å². The Kier molecular flexibility index (Phi) is 3.39. The zero-order valence-corrected chi connectivity index (χ0v) is 11.1. The van der Waals surface area contributed by atoms with Gasteiger partial charge in [-0.05, 0) is 58.8 Å². The van der Waals surface area contributed by atoms with Crippen molar-refractivity contribution in [3.05, 3.63) is 57.2 Å². The maximum atomic E-state index is 10.8. The van der Waals surface area contributed by atoms with Gasteiger partial charge in [0.1, 0.15) is 6.29 Å². The summed E-state index contributed by atoms with van der Waals surface area (Å²) in [6.45, 7) is 2.07. The van der Waals surface area contributed by atoms with E-state index in [0.717, 1.165) is 26.5 Å². The molecule has 2 rings (SSSR count). The first-order valence-corrected chi connectivity index (χ1v) is 6.10. The summed E-state index contributed by atoms with van der Waals surface area (Å²) in [7, 11) is 0. The summed E-state index contributed by atoms with van der Waals surface area (Å²) in [6, 6.07) is 14.2. The molecule has 2 heteroatoms. The third-order valence-electron chi connectivity index (χ3n) is 2.41. The Morgan fingerprint density at radius 3 is 2.56 bits per heavy atom. The van der Waals surface area contributed by atoms with Gasteiger partial charge in [0.25, 0.3) is 0 Å². The van der Waals surface area contributed by atoms with Crippen molar-refractivity contribution in [2.24, 2.45) is 0 Å². The molecule has 0 N–H and O–H groups in total. The number of benzene rings is 2. The first-order chi connectivity index (χ1) is 7.69. The number of aldehydes is 1. The van der Waals surface area contributed by atoms with Crippen LogP contribution in [0.25, 0.3) is 11.1 Å². The molecule has 0 spiro atoms. The largest absolute Gasteiger partial charge is 0.298 e. The summed E-state index contributed by atoms with van der Waals surface area (Å²) in [5.74, 6) is 0. The lowest BCUT2D eigenvalue weighted by Crippen LogP contribution is -1.86. The number of aryl methyl sites for hydroxylation is 1. The fourth-order valence-electron chi connectivity index (χ4n) is 1.67. The Morgan fingerprint density at radius 2 is 1.88 bits per heavy atom. The highest BCUT2D eigenvalue weighted by atomic mass is 127. The van der Waals surface area contributed by atoms with Crippen molar-refractivity contribution in [1.29, 1.82) is 0 Å². The first-order valence-electron chi connectivity index (χ1n) is 5.02. The second-order valence-electron chi connectivity index (χ2n) is 3.76. The smallest absolute Gasteiger partial charge is 0.150 e. The van der Waals surface area contributed by atoms with Crippen LogP contribution in [0, 0.1) is 10.5 Å². The van der Waals surface area contributed by atoms with E-state index in [1.54, 1.807) is 0 Å². The summed E-state index contributed by atoms with van der Waals surface area (Å²) < 4.78 is 1.08. The number of rotatable bonds is 2. The molecule has 80 valence electrons. The summed E-state index contributed by atoms with van der Waals surface area (Å²) in [6.07, 6.45) is 0.890. The van der Waals surface area contributed by atoms with E-state index in [1.165, 1.54) is 5.56 Å². The molecule has 0 bridgehead atoms. The second-order valence-corrected chi connectivity index (χ2v) is 5.01. The van der Waals surface area contributed by atoms with E-state index < -0.39 is 0 Å². The molecular formula is C14H11IO. The maximum Gasteiger partial charge on any atom is 0.150 e. The van der Waals surface area contributed by atoms with Crippen molar-refractivity contribution >= 4 is 28.9 Å². The van der Waals surface area contributed by atoms with Gasteiger partial charge in [0.15, 0.2) is 0 Å². The zero-order valence-electron chi connectivity index (χ0n) is 8.91. The first kappa shape index (κ1) is 11.3. The molecule has 2 aromatic carbocycles. The number of hydrogen-bond acceptors (Lipinski definition) is 1. The van der Waals surface area contributed by atoms with E-state index in [-0.39, 0.29) is 0 Å². The van der Waals surface area contributed by atoms with Gasteiger partial charge in [0, 0.05) is 9.13 Å². The molecule has 0 heterocycles. The van der Waals surface area contributed by atoms with Crippen LogP contribution in [0.3, 0.4) is 0 Å². The Balaban J connectivity index is 2.55. The van der Waals surface area contributed by atoms with E-state index >= 15 is 0 Å².